The second-order valence-corrected chi connectivity index (χ2v) is 6.89. The van der Waals surface area contributed by atoms with Crippen LogP contribution < -0.4 is 4.74 Å². The molecule has 2 heterocycles. The Hall–Kier alpha value is -2.20. The monoisotopic (exact) mass is 352 g/mol. The lowest BCUT2D eigenvalue weighted by Gasteiger charge is -2.28. The van der Waals surface area contributed by atoms with Crippen LogP contribution in [-0.4, -0.2) is 35.4 Å². The van der Waals surface area contributed by atoms with E-state index in [4.69, 9.17) is 4.74 Å². The molecule has 1 aliphatic heterocycles. The third kappa shape index (κ3) is 5.40. The highest BCUT2D eigenvalue weighted by molar-refractivity contribution is 5.80. The Bertz CT molecular complexity index is 730. The molecule has 0 unspecified atom stereocenters. The molecule has 0 amide bonds. The molecule has 138 valence electrons. The number of fused-ring (bicyclic) bond motifs is 1. The van der Waals surface area contributed by atoms with Crippen LogP contribution >= 0.6 is 0 Å². The van der Waals surface area contributed by atoms with E-state index in [1.54, 1.807) is 0 Å². The van der Waals surface area contributed by atoms with E-state index in [2.05, 4.69) is 34.1 Å². The number of ketones is 1. The molecule has 3 rings (SSSR count). The normalized spacial score (nSPS) is 14.0. The van der Waals surface area contributed by atoms with Crippen molar-refractivity contribution in [1.29, 1.82) is 0 Å². The van der Waals surface area contributed by atoms with Crippen LogP contribution in [0.3, 0.4) is 0 Å². The molecule has 0 N–H and O–H groups in total. The van der Waals surface area contributed by atoms with E-state index < -0.39 is 0 Å². The van der Waals surface area contributed by atoms with Gasteiger partial charge in [0.05, 0.1) is 12.3 Å². The smallest absolute Gasteiger partial charge is 0.213 e. The Morgan fingerprint density at radius 3 is 2.81 bits per heavy atom. The van der Waals surface area contributed by atoms with Crippen molar-refractivity contribution in [2.24, 2.45) is 0 Å². The molecule has 0 saturated carbocycles. The largest absolute Gasteiger partial charge is 0.478 e. The molecule has 0 aliphatic carbocycles. The predicted octanol–water partition coefficient (Wildman–Crippen LogP) is 3.82. The summed E-state index contributed by atoms with van der Waals surface area (Å²) in [6.07, 6.45) is 4.23. The maximum atomic E-state index is 11.5. The minimum Gasteiger partial charge on any atom is -0.478 e. The molecular formula is C22H28N2O2. The fraction of sp³-hybridized carbons (Fsp3) is 0.455. The van der Waals surface area contributed by atoms with Crippen molar-refractivity contribution in [3.8, 4) is 5.88 Å². The van der Waals surface area contributed by atoms with Crippen molar-refractivity contribution >= 4 is 5.78 Å². The zero-order chi connectivity index (χ0) is 18.2. The van der Waals surface area contributed by atoms with Crippen molar-refractivity contribution in [3.05, 3.63) is 59.3 Å². The summed E-state index contributed by atoms with van der Waals surface area (Å²) >= 11 is 0. The highest BCUT2D eigenvalue weighted by Crippen LogP contribution is 2.18. The van der Waals surface area contributed by atoms with Crippen molar-refractivity contribution in [2.75, 3.05) is 19.7 Å². The minimum atomic E-state index is 0.206. The first-order valence-electron chi connectivity index (χ1n) is 9.64. The number of aromatic nitrogens is 1. The number of Topliss-reactive ketones (excluding diaryl/α,β-unsaturated/α-hetero) is 1. The number of nitrogens with zero attached hydrogens (tertiary/aromatic N) is 2. The van der Waals surface area contributed by atoms with Crippen LogP contribution in [0.25, 0.3) is 0 Å². The maximum absolute atomic E-state index is 11.5. The lowest BCUT2D eigenvalue weighted by atomic mass is 10.00. The quantitative estimate of drug-likeness (QED) is 0.644. The van der Waals surface area contributed by atoms with Gasteiger partial charge in [-0.3, -0.25) is 9.69 Å². The van der Waals surface area contributed by atoms with Gasteiger partial charge in [-0.05, 0) is 43.0 Å². The van der Waals surface area contributed by atoms with Gasteiger partial charge in [0.1, 0.15) is 5.78 Å². The molecule has 0 spiro atoms. The highest BCUT2D eigenvalue weighted by atomic mass is 16.5. The van der Waals surface area contributed by atoms with Crippen LogP contribution in [-0.2, 0) is 24.2 Å². The first-order chi connectivity index (χ1) is 12.7. The molecule has 2 aromatic rings. The van der Waals surface area contributed by atoms with Gasteiger partial charge in [-0.2, -0.15) is 0 Å². The van der Waals surface area contributed by atoms with Gasteiger partial charge >= 0.3 is 0 Å². The summed E-state index contributed by atoms with van der Waals surface area (Å²) < 4.78 is 5.77. The van der Waals surface area contributed by atoms with Gasteiger partial charge in [-0.15, -0.1) is 0 Å². The van der Waals surface area contributed by atoms with Crippen LogP contribution in [0.2, 0.25) is 0 Å². The van der Waals surface area contributed by atoms with Crippen LogP contribution in [0.4, 0.5) is 0 Å². The second kappa shape index (κ2) is 9.48. The zero-order valence-electron chi connectivity index (χ0n) is 15.6. The van der Waals surface area contributed by atoms with Crippen LogP contribution in [0.15, 0.2) is 42.5 Å². The van der Waals surface area contributed by atoms with Crippen LogP contribution in [0, 0.1) is 0 Å². The molecule has 1 aromatic carbocycles. The maximum Gasteiger partial charge on any atom is 0.213 e. The highest BCUT2D eigenvalue weighted by Gasteiger charge is 2.14. The van der Waals surface area contributed by atoms with Crippen LogP contribution in [0.1, 0.15) is 43.0 Å². The zero-order valence-corrected chi connectivity index (χ0v) is 15.6. The second-order valence-electron chi connectivity index (χ2n) is 6.89. The van der Waals surface area contributed by atoms with Gasteiger partial charge in [0.15, 0.2) is 0 Å². The van der Waals surface area contributed by atoms with Gasteiger partial charge in [-0.1, -0.05) is 37.3 Å². The van der Waals surface area contributed by atoms with Gasteiger partial charge in [-0.25, -0.2) is 4.98 Å². The summed E-state index contributed by atoms with van der Waals surface area (Å²) in [6.45, 7) is 5.86. The number of hydrogen-bond acceptors (Lipinski definition) is 4. The van der Waals surface area contributed by atoms with Crippen molar-refractivity contribution < 1.29 is 9.53 Å². The van der Waals surface area contributed by atoms with Crippen molar-refractivity contribution in [2.45, 2.75) is 45.6 Å². The van der Waals surface area contributed by atoms with E-state index in [-0.39, 0.29) is 5.78 Å². The summed E-state index contributed by atoms with van der Waals surface area (Å²) in [7, 11) is 0. The Labute approximate surface area is 156 Å². The Morgan fingerprint density at radius 1 is 1.12 bits per heavy atom. The Kier molecular flexibility index (Phi) is 6.78. The average Bonchev–Trinajstić information content (AvgIpc) is 2.68. The third-order valence-electron chi connectivity index (χ3n) is 4.88. The average molecular weight is 352 g/mol. The molecule has 0 bridgehead atoms. The standard InChI is InChI=1S/C22H28N2O2/c1-2-21(25)16-20-10-7-11-22(23-20)26-15-6-5-13-24-14-12-18-8-3-4-9-19(18)17-24/h3-4,7-11H,2,5-6,12-17H2,1H3. The SMILES string of the molecule is CCC(=O)Cc1cccc(OCCCCN2CCc3ccccc3C2)n1. The predicted molar refractivity (Wildman–Crippen MR) is 103 cm³/mol. The Balaban J connectivity index is 1.36. The van der Waals surface area contributed by atoms with Gasteiger partial charge in [0.25, 0.3) is 0 Å². The van der Waals surface area contributed by atoms with E-state index in [1.807, 2.05) is 25.1 Å². The van der Waals surface area contributed by atoms with E-state index in [0.29, 0.717) is 25.3 Å². The number of benzene rings is 1. The van der Waals surface area contributed by atoms with Crippen molar-refractivity contribution in [3.63, 3.8) is 0 Å². The number of unbranched alkanes of at least 4 members (excludes halogenated alkanes) is 1. The molecular weight excluding hydrogens is 324 g/mol. The first kappa shape index (κ1) is 18.6. The molecule has 1 aromatic heterocycles. The van der Waals surface area contributed by atoms with Gasteiger partial charge in [0, 0.05) is 32.0 Å². The van der Waals surface area contributed by atoms with E-state index in [9.17, 15) is 4.79 Å². The third-order valence-corrected chi connectivity index (χ3v) is 4.88. The summed E-state index contributed by atoms with van der Waals surface area (Å²) in [6, 6.07) is 14.4. The topological polar surface area (TPSA) is 42.4 Å². The van der Waals surface area contributed by atoms with E-state index >= 15 is 0 Å². The van der Waals surface area contributed by atoms with Crippen molar-refractivity contribution in [1.82, 2.24) is 9.88 Å². The van der Waals surface area contributed by atoms with Gasteiger partial charge in [0.2, 0.25) is 5.88 Å². The van der Waals surface area contributed by atoms with Crippen LogP contribution in [0.5, 0.6) is 5.88 Å². The Morgan fingerprint density at radius 2 is 1.96 bits per heavy atom. The summed E-state index contributed by atoms with van der Waals surface area (Å²) in [5.41, 5.74) is 3.76. The van der Waals surface area contributed by atoms with E-state index in [0.717, 1.165) is 44.6 Å². The molecule has 0 saturated heterocycles. The molecule has 26 heavy (non-hydrogen) atoms. The molecule has 4 nitrogen and oxygen atoms in total. The summed E-state index contributed by atoms with van der Waals surface area (Å²) in [5.74, 6) is 0.830. The number of ether oxygens (including phenoxy) is 1. The number of hydrogen-bond donors (Lipinski definition) is 0. The lowest BCUT2D eigenvalue weighted by Crippen LogP contribution is -2.31. The molecule has 0 fully saturated rings. The number of carbonyl (C=O) groups is 1. The fourth-order valence-corrected chi connectivity index (χ4v) is 3.32. The number of pyridine rings is 1. The first-order valence-corrected chi connectivity index (χ1v) is 9.64. The fourth-order valence-electron chi connectivity index (χ4n) is 3.32. The van der Waals surface area contributed by atoms with Gasteiger partial charge < -0.3 is 4.74 Å². The molecule has 0 atom stereocenters. The van der Waals surface area contributed by atoms with E-state index in [1.165, 1.54) is 11.1 Å². The molecule has 0 radical (unpaired) electrons. The minimum absolute atomic E-state index is 0.206. The number of carbonyl (C=O) groups excluding carboxylic acids is 1. The lowest BCUT2D eigenvalue weighted by molar-refractivity contribution is -0.118. The molecule has 1 aliphatic rings. The molecule has 4 heteroatoms. The summed E-state index contributed by atoms with van der Waals surface area (Å²) in [5, 5.41) is 0. The number of rotatable bonds is 9. The summed E-state index contributed by atoms with van der Waals surface area (Å²) in [4.78, 5) is 18.5.